The number of aliphatic hydroxyl groups is 1. The standard InChI is InChI=1S/C13H16Cl2N2O2/c14-10-5-8(16)4-9(12(10)15)13(19)17-11-3-1-2-7(11)6-18/h4-5,7,11,18H,1-3,6,16H2,(H,17,19). The fourth-order valence-corrected chi connectivity index (χ4v) is 2.89. The lowest BCUT2D eigenvalue weighted by molar-refractivity contribution is 0.0916. The number of nitrogens with one attached hydrogen (secondary N) is 1. The molecule has 1 saturated carbocycles. The topological polar surface area (TPSA) is 75.4 Å². The average molecular weight is 303 g/mol. The van der Waals surface area contributed by atoms with Crippen molar-refractivity contribution in [2.75, 3.05) is 12.3 Å². The van der Waals surface area contributed by atoms with Crippen molar-refractivity contribution < 1.29 is 9.90 Å². The van der Waals surface area contributed by atoms with E-state index in [0.717, 1.165) is 19.3 Å². The fraction of sp³-hybridized carbons (Fsp3) is 0.462. The van der Waals surface area contributed by atoms with Crippen LogP contribution in [0.4, 0.5) is 5.69 Å². The number of aliphatic hydroxyl groups excluding tert-OH is 1. The highest BCUT2D eigenvalue weighted by Crippen LogP contribution is 2.30. The highest BCUT2D eigenvalue weighted by atomic mass is 35.5. The van der Waals surface area contributed by atoms with Crippen molar-refractivity contribution in [3.05, 3.63) is 27.7 Å². The van der Waals surface area contributed by atoms with E-state index in [1.54, 1.807) is 0 Å². The molecule has 0 heterocycles. The molecule has 1 fully saturated rings. The van der Waals surface area contributed by atoms with E-state index < -0.39 is 0 Å². The summed E-state index contributed by atoms with van der Waals surface area (Å²) < 4.78 is 0. The number of halogens is 2. The summed E-state index contributed by atoms with van der Waals surface area (Å²) in [5, 5.41) is 12.6. The third-order valence-corrected chi connectivity index (χ3v) is 4.31. The zero-order valence-electron chi connectivity index (χ0n) is 10.3. The second-order valence-electron chi connectivity index (χ2n) is 4.82. The molecule has 2 rings (SSSR count). The van der Waals surface area contributed by atoms with Gasteiger partial charge in [0.1, 0.15) is 0 Å². The van der Waals surface area contributed by atoms with Crippen molar-refractivity contribution in [2.45, 2.75) is 25.3 Å². The maximum absolute atomic E-state index is 12.2. The van der Waals surface area contributed by atoms with E-state index in [1.807, 2.05) is 0 Å². The van der Waals surface area contributed by atoms with Gasteiger partial charge >= 0.3 is 0 Å². The molecule has 0 aliphatic heterocycles. The second kappa shape index (κ2) is 5.99. The third kappa shape index (κ3) is 3.14. The van der Waals surface area contributed by atoms with Crippen LogP contribution in [0, 0.1) is 5.92 Å². The van der Waals surface area contributed by atoms with Crippen molar-refractivity contribution >= 4 is 34.8 Å². The van der Waals surface area contributed by atoms with Gasteiger partial charge in [0.25, 0.3) is 5.91 Å². The number of amides is 1. The first-order chi connectivity index (χ1) is 9.02. The quantitative estimate of drug-likeness (QED) is 0.751. The minimum atomic E-state index is -0.301. The van der Waals surface area contributed by atoms with Crippen LogP contribution in [0.1, 0.15) is 29.6 Å². The first kappa shape index (κ1) is 14.4. The predicted octanol–water partition coefficient (Wildman–Crippen LogP) is 2.47. The van der Waals surface area contributed by atoms with Crippen molar-refractivity contribution in [1.29, 1.82) is 0 Å². The molecule has 4 nitrogen and oxygen atoms in total. The van der Waals surface area contributed by atoms with E-state index >= 15 is 0 Å². The van der Waals surface area contributed by atoms with Gasteiger partial charge in [-0.1, -0.05) is 29.6 Å². The molecule has 4 N–H and O–H groups in total. The maximum atomic E-state index is 12.2. The van der Waals surface area contributed by atoms with Crippen molar-refractivity contribution in [3.63, 3.8) is 0 Å². The maximum Gasteiger partial charge on any atom is 0.253 e. The van der Waals surface area contributed by atoms with Gasteiger partial charge in [0.2, 0.25) is 0 Å². The fourth-order valence-electron chi connectivity index (χ4n) is 2.47. The molecule has 0 radical (unpaired) electrons. The Labute approximate surface area is 121 Å². The molecule has 0 aromatic heterocycles. The molecule has 1 aliphatic rings. The summed E-state index contributed by atoms with van der Waals surface area (Å²) in [5.74, 6) is -0.191. The van der Waals surface area contributed by atoms with Gasteiger partial charge < -0.3 is 16.2 Å². The molecule has 1 aromatic carbocycles. The van der Waals surface area contributed by atoms with E-state index in [-0.39, 0.29) is 40.1 Å². The zero-order valence-corrected chi connectivity index (χ0v) is 11.8. The van der Waals surface area contributed by atoms with Gasteiger partial charge in [-0.05, 0) is 25.0 Å². The largest absolute Gasteiger partial charge is 0.399 e. The SMILES string of the molecule is Nc1cc(Cl)c(Cl)c(C(=O)NC2CCCC2CO)c1. The lowest BCUT2D eigenvalue weighted by Crippen LogP contribution is -2.38. The molecule has 0 bridgehead atoms. The number of hydrogen-bond donors (Lipinski definition) is 3. The van der Waals surface area contributed by atoms with Gasteiger partial charge in [0.15, 0.2) is 0 Å². The average Bonchev–Trinajstić information content (AvgIpc) is 2.80. The van der Waals surface area contributed by atoms with E-state index in [4.69, 9.17) is 28.9 Å². The van der Waals surface area contributed by atoms with Crippen molar-refractivity contribution in [1.82, 2.24) is 5.32 Å². The zero-order chi connectivity index (χ0) is 14.0. The van der Waals surface area contributed by atoms with Crippen LogP contribution in [0.2, 0.25) is 10.0 Å². The predicted molar refractivity (Wildman–Crippen MR) is 76.6 cm³/mol. The van der Waals surface area contributed by atoms with E-state index in [0.29, 0.717) is 5.69 Å². The monoisotopic (exact) mass is 302 g/mol. The number of anilines is 1. The molecule has 0 spiro atoms. The van der Waals surface area contributed by atoms with E-state index in [9.17, 15) is 9.90 Å². The summed E-state index contributed by atoms with van der Waals surface area (Å²) in [6, 6.07) is 2.99. The minimum Gasteiger partial charge on any atom is -0.399 e. The lowest BCUT2D eigenvalue weighted by Gasteiger charge is -2.19. The molecule has 1 aliphatic carbocycles. The molecular formula is C13H16Cl2N2O2. The van der Waals surface area contributed by atoms with Crippen LogP contribution in [-0.4, -0.2) is 23.7 Å². The molecule has 104 valence electrons. The highest BCUT2D eigenvalue weighted by molar-refractivity contribution is 6.44. The van der Waals surface area contributed by atoms with Crippen LogP contribution >= 0.6 is 23.2 Å². The number of benzene rings is 1. The summed E-state index contributed by atoms with van der Waals surface area (Å²) in [7, 11) is 0. The summed E-state index contributed by atoms with van der Waals surface area (Å²) in [4.78, 5) is 12.2. The van der Waals surface area contributed by atoms with Gasteiger partial charge in [-0.25, -0.2) is 0 Å². The molecular weight excluding hydrogens is 287 g/mol. The van der Waals surface area contributed by atoms with Crippen LogP contribution in [0.15, 0.2) is 12.1 Å². The second-order valence-corrected chi connectivity index (χ2v) is 5.60. The molecule has 1 aromatic rings. The first-order valence-corrected chi connectivity index (χ1v) is 6.94. The Hall–Kier alpha value is -0.970. The van der Waals surface area contributed by atoms with Crippen LogP contribution < -0.4 is 11.1 Å². The number of carbonyl (C=O) groups excluding carboxylic acids is 1. The van der Waals surface area contributed by atoms with Crippen LogP contribution in [0.3, 0.4) is 0 Å². The Morgan fingerprint density at radius 3 is 2.84 bits per heavy atom. The third-order valence-electron chi connectivity index (χ3n) is 3.51. The minimum absolute atomic E-state index is 0.0197. The van der Waals surface area contributed by atoms with Crippen LogP contribution in [0.5, 0.6) is 0 Å². The summed E-state index contributed by atoms with van der Waals surface area (Å²) in [5.41, 5.74) is 6.33. The first-order valence-electron chi connectivity index (χ1n) is 6.19. The Kier molecular flexibility index (Phi) is 4.55. The Balaban J connectivity index is 2.16. The summed E-state index contributed by atoms with van der Waals surface area (Å²) in [6.45, 7) is 0.0797. The molecule has 19 heavy (non-hydrogen) atoms. The normalized spacial score (nSPS) is 22.5. The Morgan fingerprint density at radius 2 is 2.16 bits per heavy atom. The van der Waals surface area contributed by atoms with Crippen LogP contribution in [0.25, 0.3) is 0 Å². The Morgan fingerprint density at radius 1 is 1.42 bits per heavy atom. The summed E-state index contributed by atoms with van der Waals surface area (Å²) >= 11 is 11.9. The van der Waals surface area contributed by atoms with Gasteiger partial charge in [-0.3, -0.25) is 4.79 Å². The molecule has 2 unspecified atom stereocenters. The molecule has 0 saturated heterocycles. The van der Waals surface area contributed by atoms with Crippen LogP contribution in [-0.2, 0) is 0 Å². The molecule has 2 atom stereocenters. The number of rotatable bonds is 3. The summed E-state index contributed by atoms with van der Waals surface area (Å²) in [6.07, 6.45) is 2.79. The van der Waals surface area contributed by atoms with Crippen molar-refractivity contribution in [2.24, 2.45) is 5.92 Å². The number of hydrogen-bond acceptors (Lipinski definition) is 3. The molecule has 6 heteroatoms. The van der Waals surface area contributed by atoms with Gasteiger partial charge in [0.05, 0.1) is 15.6 Å². The number of nitrogens with two attached hydrogens (primary N) is 1. The number of nitrogen functional groups attached to an aromatic ring is 1. The smallest absolute Gasteiger partial charge is 0.253 e. The lowest BCUT2D eigenvalue weighted by atomic mass is 10.0. The van der Waals surface area contributed by atoms with Crippen molar-refractivity contribution in [3.8, 4) is 0 Å². The van der Waals surface area contributed by atoms with Gasteiger partial charge in [-0.2, -0.15) is 0 Å². The van der Waals surface area contributed by atoms with E-state index in [1.165, 1.54) is 12.1 Å². The van der Waals surface area contributed by atoms with Gasteiger partial charge in [-0.15, -0.1) is 0 Å². The number of carbonyl (C=O) groups is 1. The van der Waals surface area contributed by atoms with Gasteiger partial charge in [0, 0.05) is 24.3 Å². The van der Waals surface area contributed by atoms with E-state index in [2.05, 4.69) is 5.32 Å². The molecule has 1 amide bonds. The Bertz CT molecular complexity index is 494. The highest BCUT2D eigenvalue weighted by Gasteiger charge is 2.28.